The van der Waals surface area contributed by atoms with E-state index in [0.29, 0.717) is 6.04 Å². The number of rotatable bonds is 4. The fraction of sp³-hybridized carbons (Fsp3) is 0.636. The van der Waals surface area contributed by atoms with Gasteiger partial charge in [-0.25, -0.2) is 9.97 Å². The van der Waals surface area contributed by atoms with Crippen LogP contribution in [0, 0.1) is 6.92 Å². The van der Waals surface area contributed by atoms with E-state index in [1.165, 1.54) is 0 Å². The van der Waals surface area contributed by atoms with Gasteiger partial charge in [0, 0.05) is 18.2 Å². The minimum absolute atomic E-state index is 0.145. The van der Waals surface area contributed by atoms with Gasteiger partial charge in [-0.1, -0.05) is 0 Å². The molecule has 2 rings (SSSR count). The van der Waals surface area contributed by atoms with Crippen LogP contribution in [0.5, 0.6) is 0 Å². The standard InChI is InChI=1S/C11H18N4O/c1-3-12-10-7(2)11(14-6-13-10)15-8-4-9(16)5-8/h6,8-9,16H,3-5H2,1-2H3,(H2,12,13,14,15). The average molecular weight is 222 g/mol. The Morgan fingerprint density at radius 1 is 1.38 bits per heavy atom. The van der Waals surface area contributed by atoms with Crippen molar-refractivity contribution in [1.82, 2.24) is 9.97 Å². The van der Waals surface area contributed by atoms with Crippen LogP contribution >= 0.6 is 0 Å². The van der Waals surface area contributed by atoms with E-state index in [4.69, 9.17) is 0 Å². The Labute approximate surface area is 95.3 Å². The van der Waals surface area contributed by atoms with E-state index >= 15 is 0 Å². The van der Waals surface area contributed by atoms with Gasteiger partial charge < -0.3 is 15.7 Å². The summed E-state index contributed by atoms with van der Waals surface area (Å²) in [5.74, 6) is 1.74. The summed E-state index contributed by atoms with van der Waals surface area (Å²) in [4.78, 5) is 8.41. The summed E-state index contributed by atoms with van der Waals surface area (Å²) >= 11 is 0. The van der Waals surface area contributed by atoms with Crippen LogP contribution in [-0.2, 0) is 0 Å². The number of aliphatic hydroxyl groups excluding tert-OH is 1. The van der Waals surface area contributed by atoms with E-state index in [1.54, 1.807) is 6.33 Å². The number of aromatic nitrogens is 2. The summed E-state index contributed by atoms with van der Waals surface area (Å²) in [6.07, 6.45) is 3.02. The minimum Gasteiger partial charge on any atom is -0.393 e. The summed E-state index contributed by atoms with van der Waals surface area (Å²) in [5, 5.41) is 15.7. The normalized spacial score (nSPS) is 23.7. The van der Waals surface area contributed by atoms with Gasteiger partial charge in [-0.2, -0.15) is 0 Å². The third-order valence-electron chi connectivity index (χ3n) is 2.88. The second-order valence-corrected chi connectivity index (χ2v) is 4.19. The first-order valence-electron chi connectivity index (χ1n) is 5.70. The Hall–Kier alpha value is -1.36. The highest BCUT2D eigenvalue weighted by molar-refractivity contribution is 5.56. The molecule has 0 saturated heterocycles. The molecule has 5 nitrogen and oxygen atoms in total. The lowest BCUT2D eigenvalue weighted by Gasteiger charge is -2.32. The van der Waals surface area contributed by atoms with Crippen LogP contribution < -0.4 is 10.6 Å². The Balaban J connectivity index is 2.05. The summed E-state index contributed by atoms with van der Waals surface area (Å²) < 4.78 is 0. The lowest BCUT2D eigenvalue weighted by atomic mass is 9.89. The van der Waals surface area contributed by atoms with Crippen molar-refractivity contribution in [2.75, 3.05) is 17.2 Å². The maximum atomic E-state index is 9.22. The van der Waals surface area contributed by atoms with E-state index in [2.05, 4.69) is 20.6 Å². The smallest absolute Gasteiger partial charge is 0.134 e. The Kier molecular flexibility index (Phi) is 3.24. The molecule has 3 N–H and O–H groups in total. The SMILES string of the molecule is CCNc1ncnc(NC2CC(O)C2)c1C. The minimum atomic E-state index is -0.145. The van der Waals surface area contributed by atoms with Crippen LogP contribution in [0.3, 0.4) is 0 Å². The first-order chi connectivity index (χ1) is 7.70. The molecule has 0 amide bonds. The molecule has 1 heterocycles. The third kappa shape index (κ3) is 2.24. The van der Waals surface area contributed by atoms with Crippen LogP contribution in [0.25, 0.3) is 0 Å². The van der Waals surface area contributed by atoms with E-state index in [9.17, 15) is 5.11 Å². The first-order valence-corrected chi connectivity index (χ1v) is 5.70. The molecule has 1 fully saturated rings. The van der Waals surface area contributed by atoms with Gasteiger partial charge in [0.1, 0.15) is 18.0 Å². The first kappa shape index (κ1) is 11.1. The van der Waals surface area contributed by atoms with Gasteiger partial charge in [0.05, 0.1) is 6.10 Å². The highest BCUT2D eigenvalue weighted by Gasteiger charge is 2.27. The maximum Gasteiger partial charge on any atom is 0.134 e. The third-order valence-corrected chi connectivity index (χ3v) is 2.88. The van der Waals surface area contributed by atoms with Gasteiger partial charge in [-0.3, -0.25) is 0 Å². The largest absolute Gasteiger partial charge is 0.393 e. The number of hydrogen-bond donors (Lipinski definition) is 3. The van der Waals surface area contributed by atoms with Gasteiger partial charge in [0.2, 0.25) is 0 Å². The van der Waals surface area contributed by atoms with Gasteiger partial charge in [0.25, 0.3) is 0 Å². The van der Waals surface area contributed by atoms with Crippen LogP contribution in [0.2, 0.25) is 0 Å². The molecule has 0 atom stereocenters. The van der Waals surface area contributed by atoms with Crippen LogP contribution in [0.4, 0.5) is 11.6 Å². The highest BCUT2D eigenvalue weighted by atomic mass is 16.3. The molecule has 1 saturated carbocycles. The predicted molar refractivity (Wildman–Crippen MR) is 63.6 cm³/mol. The van der Waals surface area contributed by atoms with Crippen molar-refractivity contribution >= 4 is 11.6 Å². The van der Waals surface area contributed by atoms with Crippen molar-refractivity contribution < 1.29 is 5.11 Å². The quantitative estimate of drug-likeness (QED) is 0.713. The summed E-state index contributed by atoms with van der Waals surface area (Å²) in [6.45, 7) is 4.88. The van der Waals surface area contributed by atoms with Crippen molar-refractivity contribution in [3.63, 3.8) is 0 Å². The number of anilines is 2. The number of aliphatic hydroxyl groups is 1. The van der Waals surface area contributed by atoms with Gasteiger partial charge in [-0.05, 0) is 26.7 Å². The Morgan fingerprint density at radius 2 is 2.06 bits per heavy atom. The van der Waals surface area contributed by atoms with Gasteiger partial charge in [-0.15, -0.1) is 0 Å². The Bertz CT molecular complexity index is 363. The molecule has 88 valence electrons. The molecular weight excluding hydrogens is 204 g/mol. The number of nitrogens with zero attached hydrogens (tertiary/aromatic N) is 2. The molecule has 0 spiro atoms. The predicted octanol–water partition coefficient (Wildman–Crippen LogP) is 1.15. The zero-order chi connectivity index (χ0) is 11.5. The second-order valence-electron chi connectivity index (χ2n) is 4.19. The van der Waals surface area contributed by atoms with Crippen molar-refractivity contribution in [1.29, 1.82) is 0 Å². The highest BCUT2D eigenvalue weighted by Crippen LogP contribution is 2.26. The van der Waals surface area contributed by atoms with E-state index in [0.717, 1.165) is 36.6 Å². The zero-order valence-electron chi connectivity index (χ0n) is 9.70. The zero-order valence-corrected chi connectivity index (χ0v) is 9.70. The van der Waals surface area contributed by atoms with Crippen molar-refractivity contribution in [3.8, 4) is 0 Å². The molecular formula is C11H18N4O. The maximum absolute atomic E-state index is 9.22. The van der Waals surface area contributed by atoms with Crippen molar-refractivity contribution in [2.45, 2.75) is 38.8 Å². The van der Waals surface area contributed by atoms with E-state index in [-0.39, 0.29) is 6.10 Å². The Morgan fingerprint density at radius 3 is 2.69 bits per heavy atom. The summed E-state index contributed by atoms with van der Waals surface area (Å²) in [6, 6.07) is 0.345. The molecule has 0 unspecified atom stereocenters. The topological polar surface area (TPSA) is 70.1 Å². The fourth-order valence-electron chi connectivity index (χ4n) is 1.84. The molecule has 0 aliphatic heterocycles. The summed E-state index contributed by atoms with van der Waals surface area (Å²) in [5.41, 5.74) is 1.03. The van der Waals surface area contributed by atoms with Gasteiger partial charge in [0.15, 0.2) is 0 Å². The monoisotopic (exact) mass is 222 g/mol. The molecule has 1 aliphatic carbocycles. The molecule has 0 radical (unpaired) electrons. The fourth-order valence-corrected chi connectivity index (χ4v) is 1.84. The molecule has 16 heavy (non-hydrogen) atoms. The lowest BCUT2D eigenvalue weighted by Crippen LogP contribution is -2.39. The average Bonchev–Trinajstić information content (AvgIpc) is 2.22. The van der Waals surface area contributed by atoms with E-state index < -0.39 is 0 Å². The lowest BCUT2D eigenvalue weighted by molar-refractivity contribution is 0.0835. The molecule has 0 bridgehead atoms. The number of hydrogen-bond acceptors (Lipinski definition) is 5. The van der Waals surface area contributed by atoms with Crippen LogP contribution in [0.1, 0.15) is 25.3 Å². The molecule has 5 heteroatoms. The van der Waals surface area contributed by atoms with E-state index in [1.807, 2.05) is 13.8 Å². The molecule has 1 aromatic rings. The molecule has 1 aliphatic rings. The molecule has 0 aromatic carbocycles. The summed E-state index contributed by atoms with van der Waals surface area (Å²) in [7, 11) is 0. The van der Waals surface area contributed by atoms with Gasteiger partial charge >= 0.3 is 0 Å². The molecule has 1 aromatic heterocycles. The number of nitrogens with one attached hydrogen (secondary N) is 2. The van der Waals surface area contributed by atoms with Crippen molar-refractivity contribution in [2.24, 2.45) is 0 Å². The van der Waals surface area contributed by atoms with Crippen LogP contribution in [-0.4, -0.2) is 33.8 Å². The second kappa shape index (κ2) is 4.65. The van der Waals surface area contributed by atoms with Crippen molar-refractivity contribution in [3.05, 3.63) is 11.9 Å². The van der Waals surface area contributed by atoms with Crippen LogP contribution in [0.15, 0.2) is 6.33 Å².